The zero-order valence-corrected chi connectivity index (χ0v) is 22.1. The molecule has 5 nitrogen and oxygen atoms in total. The number of aromatic nitrogens is 2. The fourth-order valence-electron chi connectivity index (χ4n) is 3.52. The summed E-state index contributed by atoms with van der Waals surface area (Å²) in [5.41, 5.74) is 3.09. The molecule has 2 aromatic carbocycles. The number of halogens is 1. The van der Waals surface area contributed by atoms with Gasteiger partial charge in [0.2, 0.25) is 5.91 Å². The van der Waals surface area contributed by atoms with E-state index in [0.717, 1.165) is 28.2 Å². The van der Waals surface area contributed by atoms with Crippen molar-refractivity contribution in [2.75, 3.05) is 11.4 Å². The van der Waals surface area contributed by atoms with Crippen LogP contribution in [0.5, 0.6) is 0 Å². The molecule has 0 aliphatic carbocycles. The lowest BCUT2D eigenvalue weighted by Gasteiger charge is -2.28. The molecule has 0 saturated heterocycles. The van der Waals surface area contributed by atoms with Crippen molar-refractivity contribution in [1.29, 1.82) is 0 Å². The number of nitrogens with one attached hydrogen (secondary N) is 1. The second-order valence-corrected chi connectivity index (χ2v) is 10.4. The lowest BCUT2D eigenvalue weighted by Crippen LogP contribution is -2.46. The summed E-state index contributed by atoms with van der Waals surface area (Å²) in [6.07, 6.45) is 0. The summed E-state index contributed by atoms with van der Waals surface area (Å²) < 4.78 is 0. The van der Waals surface area contributed by atoms with Gasteiger partial charge in [-0.2, -0.15) is 0 Å². The van der Waals surface area contributed by atoms with Crippen LogP contribution in [0.4, 0.5) is 5.82 Å². The molecule has 0 saturated carbocycles. The Morgan fingerprint density at radius 1 is 1.03 bits per heavy atom. The monoisotopic (exact) mass is 488 g/mol. The molecule has 3 aromatic rings. The van der Waals surface area contributed by atoms with Gasteiger partial charge in [0.25, 0.3) is 0 Å². The van der Waals surface area contributed by atoms with Crippen LogP contribution < -0.4 is 10.2 Å². The minimum Gasteiger partial charge on any atom is -0.350 e. The fourth-order valence-corrected chi connectivity index (χ4v) is 3.64. The van der Waals surface area contributed by atoms with Crippen molar-refractivity contribution in [3.05, 3.63) is 87.8 Å². The Bertz CT molecular complexity index is 1220. The second kappa shape index (κ2) is 11.4. The van der Waals surface area contributed by atoms with Gasteiger partial charge in [-0.3, -0.25) is 4.79 Å². The van der Waals surface area contributed by atoms with Crippen molar-refractivity contribution in [1.82, 2.24) is 15.3 Å². The largest absolute Gasteiger partial charge is 0.350 e. The van der Waals surface area contributed by atoms with Gasteiger partial charge < -0.3 is 10.2 Å². The number of nitrogens with zero attached hydrogens (tertiary/aromatic N) is 3. The van der Waals surface area contributed by atoms with Gasteiger partial charge in [-0.1, -0.05) is 67.6 Å². The normalized spacial score (nSPS) is 11.1. The Balaban J connectivity index is 2.11. The van der Waals surface area contributed by atoms with Crippen LogP contribution in [-0.4, -0.2) is 28.0 Å². The molecule has 1 N–H and O–H groups in total. The van der Waals surface area contributed by atoms with Gasteiger partial charge in [0, 0.05) is 28.6 Å². The van der Waals surface area contributed by atoms with E-state index in [0.29, 0.717) is 17.4 Å². The molecule has 35 heavy (non-hydrogen) atoms. The summed E-state index contributed by atoms with van der Waals surface area (Å²) in [6, 6.07) is 17.4. The lowest BCUT2D eigenvalue weighted by atomic mass is 10.1. The van der Waals surface area contributed by atoms with Crippen LogP contribution in [-0.2, 0) is 11.3 Å². The predicted molar refractivity (Wildman–Crippen MR) is 144 cm³/mol. The zero-order valence-electron chi connectivity index (χ0n) is 21.3. The number of hydrogen-bond acceptors (Lipinski definition) is 4. The van der Waals surface area contributed by atoms with Crippen molar-refractivity contribution in [3.8, 4) is 11.8 Å². The van der Waals surface area contributed by atoms with Crippen LogP contribution in [0.1, 0.15) is 68.7 Å². The number of rotatable bonds is 6. The Morgan fingerprint density at radius 3 is 2.29 bits per heavy atom. The van der Waals surface area contributed by atoms with E-state index in [2.05, 4.69) is 31.0 Å². The van der Waals surface area contributed by atoms with Crippen molar-refractivity contribution in [2.45, 2.75) is 59.5 Å². The summed E-state index contributed by atoms with van der Waals surface area (Å²) in [4.78, 5) is 24.6. The molecule has 1 amide bonds. The molecule has 0 bridgehead atoms. The first kappa shape index (κ1) is 26.2. The topological polar surface area (TPSA) is 58.1 Å². The number of carbonyl (C=O) groups is 1. The molecule has 0 atom stereocenters. The minimum absolute atomic E-state index is 0.0872. The van der Waals surface area contributed by atoms with Gasteiger partial charge in [0.05, 0.1) is 17.8 Å². The number of hydrogen-bond donors (Lipinski definition) is 1. The second-order valence-electron chi connectivity index (χ2n) is 9.92. The Hall–Kier alpha value is -3.36. The van der Waals surface area contributed by atoms with E-state index in [4.69, 9.17) is 21.6 Å². The summed E-state index contributed by atoms with van der Waals surface area (Å²) in [6.45, 7) is 12.6. The smallest absolute Gasteiger partial charge is 0.239 e. The first-order valence-corrected chi connectivity index (χ1v) is 12.2. The van der Waals surface area contributed by atoms with Crippen LogP contribution in [0.3, 0.4) is 0 Å². The average Bonchev–Trinajstić information content (AvgIpc) is 2.78. The van der Waals surface area contributed by atoms with E-state index in [9.17, 15) is 4.79 Å². The van der Waals surface area contributed by atoms with E-state index in [1.165, 1.54) is 0 Å². The summed E-state index contributed by atoms with van der Waals surface area (Å²) in [5, 5.41) is 3.73. The highest BCUT2D eigenvalue weighted by atomic mass is 35.5. The van der Waals surface area contributed by atoms with Gasteiger partial charge in [0.1, 0.15) is 11.6 Å². The Morgan fingerprint density at radius 2 is 1.69 bits per heavy atom. The average molecular weight is 489 g/mol. The van der Waals surface area contributed by atoms with Crippen LogP contribution in [0.2, 0.25) is 5.02 Å². The summed E-state index contributed by atoms with van der Waals surface area (Å²) >= 11 is 6.11. The highest BCUT2D eigenvalue weighted by Gasteiger charge is 2.23. The summed E-state index contributed by atoms with van der Waals surface area (Å²) in [7, 11) is 0. The Labute approximate surface area is 214 Å². The third-order valence-electron chi connectivity index (χ3n) is 5.15. The molecular weight excluding hydrogens is 456 g/mol. The van der Waals surface area contributed by atoms with Crippen molar-refractivity contribution in [2.24, 2.45) is 0 Å². The van der Waals surface area contributed by atoms with Crippen LogP contribution in [0.25, 0.3) is 0 Å². The van der Waals surface area contributed by atoms with Gasteiger partial charge >= 0.3 is 0 Å². The maximum atomic E-state index is 13.0. The standard InChI is InChI=1S/C29H33ClN4O/c1-20(2)27-31-21(3)25(17-14-22-10-8-7-9-11-22)28(32-27)34(19-26(35)33-29(4,5)6)18-23-12-15-24(30)16-13-23/h7-13,15-16,20H,18-19H2,1-6H3,(H,33,35). The molecule has 3 rings (SSSR count). The van der Waals surface area contributed by atoms with Crippen molar-refractivity contribution in [3.63, 3.8) is 0 Å². The molecular formula is C29H33ClN4O. The predicted octanol–water partition coefficient (Wildman–Crippen LogP) is 5.88. The van der Waals surface area contributed by atoms with Gasteiger partial charge in [-0.05, 0) is 57.5 Å². The molecule has 182 valence electrons. The third-order valence-corrected chi connectivity index (χ3v) is 5.40. The van der Waals surface area contributed by atoms with Gasteiger partial charge in [0.15, 0.2) is 0 Å². The van der Waals surface area contributed by atoms with Gasteiger partial charge in [-0.15, -0.1) is 0 Å². The molecule has 1 heterocycles. The van der Waals surface area contributed by atoms with Crippen molar-refractivity contribution < 1.29 is 4.79 Å². The summed E-state index contributed by atoms with van der Waals surface area (Å²) in [5.74, 6) is 7.95. The van der Waals surface area contributed by atoms with E-state index < -0.39 is 0 Å². The highest BCUT2D eigenvalue weighted by molar-refractivity contribution is 6.30. The van der Waals surface area contributed by atoms with E-state index in [-0.39, 0.29) is 23.9 Å². The number of carbonyl (C=O) groups excluding carboxylic acids is 1. The minimum atomic E-state index is -0.344. The van der Waals surface area contributed by atoms with E-state index >= 15 is 0 Å². The third kappa shape index (κ3) is 7.83. The van der Waals surface area contributed by atoms with Gasteiger partial charge in [-0.25, -0.2) is 9.97 Å². The van der Waals surface area contributed by atoms with Crippen molar-refractivity contribution >= 4 is 23.3 Å². The molecule has 0 fully saturated rings. The lowest BCUT2D eigenvalue weighted by molar-refractivity contribution is -0.121. The SMILES string of the molecule is Cc1nc(C(C)C)nc(N(CC(=O)NC(C)(C)C)Cc2ccc(Cl)cc2)c1C#Cc1ccccc1. The number of benzene rings is 2. The maximum Gasteiger partial charge on any atom is 0.239 e. The number of anilines is 1. The fraction of sp³-hybridized carbons (Fsp3) is 0.345. The number of aryl methyl sites for hydroxylation is 1. The maximum absolute atomic E-state index is 13.0. The molecule has 0 radical (unpaired) electrons. The molecule has 0 unspecified atom stereocenters. The quantitative estimate of drug-likeness (QED) is 0.440. The first-order valence-electron chi connectivity index (χ1n) is 11.8. The van der Waals surface area contributed by atoms with Crippen LogP contribution in [0, 0.1) is 18.8 Å². The number of amides is 1. The Kier molecular flexibility index (Phi) is 8.53. The molecule has 6 heteroatoms. The molecule has 1 aromatic heterocycles. The zero-order chi connectivity index (χ0) is 25.6. The van der Waals surface area contributed by atoms with Crippen LogP contribution in [0.15, 0.2) is 54.6 Å². The van der Waals surface area contributed by atoms with E-state index in [1.807, 2.05) is 87.2 Å². The van der Waals surface area contributed by atoms with E-state index in [1.54, 1.807) is 0 Å². The highest BCUT2D eigenvalue weighted by Crippen LogP contribution is 2.25. The first-order chi connectivity index (χ1) is 16.5. The molecule has 0 aliphatic heterocycles. The molecule has 0 spiro atoms. The van der Waals surface area contributed by atoms with Crippen LogP contribution >= 0.6 is 11.6 Å². The molecule has 0 aliphatic rings.